The lowest BCUT2D eigenvalue weighted by atomic mass is 10.1. The van der Waals surface area contributed by atoms with Gasteiger partial charge in [-0.2, -0.15) is 0 Å². The van der Waals surface area contributed by atoms with Crippen LogP contribution in [0.25, 0.3) is 0 Å². The molecule has 0 spiro atoms. The Morgan fingerprint density at radius 2 is 2.44 bits per heavy atom. The van der Waals surface area contributed by atoms with E-state index in [0.717, 1.165) is 12.8 Å². The third-order valence-electron chi connectivity index (χ3n) is 2.15. The highest BCUT2D eigenvalue weighted by atomic mass is 127. The van der Waals surface area contributed by atoms with Gasteiger partial charge in [0.2, 0.25) is 0 Å². The quantitative estimate of drug-likeness (QED) is 0.585. The summed E-state index contributed by atoms with van der Waals surface area (Å²) in [6.45, 7) is 0. The summed E-state index contributed by atoms with van der Waals surface area (Å²) in [6, 6.07) is 0. The number of ketones is 1. The highest BCUT2D eigenvalue weighted by molar-refractivity contribution is 14.1. The Morgan fingerprint density at radius 1 is 1.67 bits per heavy atom. The molecule has 0 unspecified atom stereocenters. The summed E-state index contributed by atoms with van der Waals surface area (Å²) in [5.74, 6) is 1.38. The first-order chi connectivity index (χ1) is 4.27. The van der Waals surface area contributed by atoms with E-state index in [4.69, 9.17) is 0 Å². The van der Waals surface area contributed by atoms with E-state index < -0.39 is 0 Å². The second kappa shape index (κ2) is 1.81. The molecule has 2 bridgehead atoms. The molecule has 1 fully saturated rings. The van der Waals surface area contributed by atoms with Crippen molar-refractivity contribution < 1.29 is 4.79 Å². The molecule has 2 rings (SSSR count). The van der Waals surface area contributed by atoms with Gasteiger partial charge >= 0.3 is 0 Å². The van der Waals surface area contributed by atoms with Gasteiger partial charge in [-0.3, -0.25) is 4.79 Å². The van der Waals surface area contributed by atoms with E-state index >= 15 is 0 Å². The van der Waals surface area contributed by atoms with E-state index in [0.29, 0.717) is 17.6 Å². The highest BCUT2D eigenvalue weighted by Gasteiger charge is 2.37. The Bertz CT molecular complexity index is 195. The zero-order valence-electron chi connectivity index (χ0n) is 4.93. The first kappa shape index (κ1) is 5.89. The zero-order chi connectivity index (χ0) is 6.43. The molecule has 1 nitrogen and oxygen atoms in total. The van der Waals surface area contributed by atoms with Crippen molar-refractivity contribution in [1.29, 1.82) is 0 Å². The number of hydrogen-bond acceptors (Lipinski definition) is 1. The van der Waals surface area contributed by atoms with E-state index in [1.54, 1.807) is 0 Å². The number of carbonyl (C=O) groups is 1. The molecule has 2 aliphatic carbocycles. The molecule has 2 atom stereocenters. The molecule has 48 valence electrons. The first-order valence-corrected chi connectivity index (χ1v) is 4.25. The smallest absolute Gasteiger partial charge is 0.140 e. The van der Waals surface area contributed by atoms with Gasteiger partial charge < -0.3 is 0 Å². The van der Waals surface area contributed by atoms with Gasteiger partial charge in [0, 0.05) is 12.3 Å². The predicted octanol–water partition coefficient (Wildman–Crippen LogP) is 1.91. The monoisotopic (exact) mass is 234 g/mol. The summed E-state index contributed by atoms with van der Waals surface area (Å²) in [5, 5.41) is 0. The van der Waals surface area contributed by atoms with Crippen LogP contribution in [0, 0.1) is 11.8 Å². The number of allylic oxidation sites excluding steroid dienone is 2. The number of rotatable bonds is 0. The minimum absolute atomic E-state index is 0.307. The van der Waals surface area contributed by atoms with Crippen LogP contribution in [0.15, 0.2) is 9.66 Å². The lowest BCUT2D eigenvalue weighted by molar-refractivity contribution is -0.119. The molecule has 2 heteroatoms. The molecule has 2 aliphatic rings. The van der Waals surface area contributed by atoms with Crippen molar-refractivity contribution >= 4 is 28.4 Å². The Hall–Kier alpha value is 0.140. The molecule has 0 aromatic heterocycles. The average molecular weight is 234 g/mol. The highest BCUT2D eigenvalue weighted by Crippen LogP contribution is 2.43. The Labute approximate surface area is 67.7 Å². The van der Waals surface area contributed by atoms with Gasteiger partial charge in [-0.15, -0.1) is 0 Å². The molecule has 9 heavy (non-hydrogen) atoms. The van der Waals surface area contributed by atoms with Crippen molar-refractivity contribution in [3.8, 4) is 0 Å². The Balaban J connectivity index is 2.35. The van der Waals surface area contributed by atoms with Crippen LogP contribution in [0.5, 0.6) is 0 Å². The molecule has 0 heterocycles. The van der Waals surface area contributed by atoms with Crippen molar-refractivity contribution in [3.05, 3.63) is 9.66 Å². The minimum Gasteiger partial charge on any atom is -0.299 e. The molecule has 0 saturated heterocycles. The first-order valence-electron chi connectivity index (χ1n) is 3.17. The summed E-state index contributed by atoms with van der Waals surface area (Å²) < 4.78 is 1.41. The molecular formula is C7H7IO. The number of carbonyl (C=O) groups excluding carboxylic acids is 1. The van der Waals surface area contributed by atoms with Crippen molar-refractivity contribution in [3.63, 3.8) is 0 Å². The van der Waals surface area contributed by atoms with Gasteiger partial charge in [0.25, 0.3) is 0 Å². The molecule has 0 amide bonds. The lowest BCUT2D eigenvalue weighted by Crippen LogP contribution is -2.04. The second-order valence-electron chi connectivity index (χ2n) is 2.76. The largest absolute Gasteiger partial charge is 0.299 e. The maximum Gasteiger partial charge on any atom is 0.140 e. The molecule has 0 aromatic rings. The molecule has 0 aliphatic heterocycles. The third-order valence-corrected chi connectivity index (χ3v) is 3.39. The average Bonchev–Trinajstić information content (AvgIpc) is 2.24. The topological polar surface area (TPSA) is 17.1 Å². The standard InChI is InChI=1S/C7H7IO/c8-6-2-5-1-4(6)3-7(5)9/h2,4-5H,1,3H2/t4-,5-/m0/s1. The van der Waals surface area contributed by atoms with Crippen molar-refractivity contribution in [1.82, 2.24) is 0 Å². The van der Waals surface area contributed by atoms with E-state index in [9.17, 15) is 4.79 Å². The maximum atomic E-state index is 10.9. The SMILES string of the molecule is O=C1C[C@@H]2C[C@H]1C=C2I. The number of Topliss-reactive ketones (excluding diaryl/α,β-unsaturated/α-hetero) is 1. The Morgan fingerprint density at radius 3 is 2.78 bits per heavy atom. The summed E-state index contributed by atoms with van der Waals surface area (Å²) in [7, 11) is 0. The van der Waals surface area contributed by atoms with Crippen molar-refractivity contribution in [2.45, 2.75) is 12.8 Å². The van der Waals surface area contributed by atoms with Gasteiger partial charge in [0.1, 0.15) is 5.78 Å². The van der Waals surface area contributed by atoms with Crippen LogP contribution >= 0.6 is 22.6 Å². The summed E-state index contributed by atoms with van der Waals surface area (Å²) in [6.07, 6.45) is 4.05. The van der Waals surface area contributed by atoms with Crippen LogP contribution in [-0.2, 0) is 4.79 Å². The Kier molecular flexibility index (Phi) is 1.18. The van der Waals surface area contributed by atoms with Gasteiger partial charge in [-0.25, -0.2) is 0 Å². The van der Waals surface area contributed by atoms with E-state index in [2.05, 4.69) is 28.7 Å². The van der Waals surface area contributed by atoms with Gasteiger partial charge in [-0.05, 0) is 38.5 Å². The van der Waals surface area contributed by atoms with Gasteiger partial charge in [-0.1, -0.05) is 6.08 Å². The van der Waals surface area contributed by atoms with E-state index in [1.807, 2.05) is 0 Å². The van der Waals surface area contributed by atoms with Crippen LogP contribution in [0.2, 0.25) is 0 Å². The molecule has 0 aromatic carbocycles. The fraction of sp³-hybridized carbons (Fsp3) is 0.571. The van der Waals surface area contributed by atoms with Crippen LogP contribution in [0.3, 0.4) is 0 Å². The molecule has 0 N–H and O–H groups in total. The number of fused-ring (bicyclic) bond motifs is 2. The fourth-order valence-corrected chi connectivity index (χ4v) is 2.52. The summed E-state index contributed by atoms with van der Waals surface area (Å²) in [5.41, 5.74) is 0. The van der Waals surface area contributed by atoms with Crippen LogP contribution in [0.1, 0.15) is 12.8 Å². The predicted molar refractivity (Wildman–Crippen MR) is 43.3 cm³/mol. The van der Waals surface area contributed by atoms with E-state index in [-0.39, 0.29) is 0 Å². The summed E-state index contributed by atoms with van der Waals surface area (Å²) in [4.78, 5) is 10.9. The number of halogens is 1. The summed E-state index contributed by atoms with van der Waals surface area (Å²) >= 11 is 2.34. The van der Waals surface area contributed by atoms with Gasteiger partial charge in [0.05, 0.1) is 0 Å². The van der Waals surface area contributed by atoms with Crippen LogP contribution < -0.4 is 0 Å². The molecule has 0 radical (unpaired) electrons. The zero-order valence-corrected chi connectivity index (χ0v) is 7.09. The minimum atomic E-state index is 0.307. The lowest BCUT2D eigenvalue weighted by Gasteiger charge is -2.03. The van der Waals surface area contributed by atoms with Crippen LogP contribution in [-0.4, -0.2) is 5.78 Å². The van der Waals surface area contributed by atoms with Gasteiger partial charge in [0.15, 0.2) is 0 Å². The second-order valence-corrected chi connectivity index (χ2v) is 4.01. The van der Waals surface area contributed by atoms with Crippen LogP contribution in [0.4, 0.5) is 0 Å². The normalized spacial score (nSPS) is 39.7. The third kappa shape index (κ3) is 0.757. The van der Waals surface area contributed by atoms with Crippen molar-refractivity contribution in [2.75, 3.05) is 0 Å². The van der Waals surface area contributed by atoms with Crippen molar-refractivity contribution in [2.24, 2.45) is 11.8 Å². The maximum absolute atomic E-state index is 10.9. The number of hydrogen-bond donors (Lipinski definition) is 0. The molecular weight excluding hydrogens is 227 g/mol. The fourth-order valence-electron chi connectivity index (χ4n) is 1.61. The van der Waals surface area contributed by atoms with E-state index in [1.165, 1.54) is 3.58 Å². The molecule has 1 saturated carbocycles.